The molecule has 2 heterocycles. The van der Waals surface area contributed by atoms with Crippen LogP contribution >= 0.6 is 0 Å². The Kier molecular flexibility index (Phi) is 2.96. The molecule has 0 aromatic heterocycles. The van der Waals surface area contributed by atoms with Crippen molar-refractivity contribution in [3.05, 3.63) is 35.4 Å². The van der Waals surface area contributed by atoms with Crippen LogP contribution in [0.15, 0.2) is 24.3 Å². The SMILES string of the molecule is CCOC(=O)[C@@H]1C[C@]23C=C[C@]1(O)[C@H]1Oc4c(O)ccc5c4[C@@]12CCN(C)[C@@H]3C5. The minimum atomic E-state index is -1.44. The Hall–Kier alpha value is -2.05. The largest absolute Gasteiger partial charge is 0.504 e. The quantitative estimate of drug-likeness (QED) is 0.596. The van der Waals surface area contributed by atoms with E-state index < -0.39 is 23.0 Å². The number of fused-ring (bicyclic) bond motifs is 1. The Morgan fingerprint density at radius 2 is 2.21 bits per heavy atom. The number of esters is 1. The van der Waals surface area contributed by atoms with Gasteiger partial charge in [0.15, 0.2) is 11.5 Å². The molecule has 1 aromatic rings. The lowest BCUT2D eigenvalue weighted by Gasteiger charge is -2.70. The van der Waals surface area contributed by atoms with E-state index in [1.807, 2.05) is 6.07 Å². The van der Waals surface area contributed by atoms with Gasteiger partial charge < -0.3 is 24.6 Å². The molecular formula is C22H25NO5. The predicted molar refractivity (Wildman–Crippen MR) is 100 cm³/mol. The van der Waals surface area contributed by atoms with Crippen molar-refractivity contribution in [3.8, 4) is 11.5 Å². The molecule has 6 aliphatic rings. The zero-order chi connectivity index (χ0) is 19.5. The summed E-state index contributed by atoms with van der Waals surface area (Å²) in [5.74, 6) is -0.409. The normalized spacial score (nSPS) is 44.2. The lowest BCUT2D eigenvalue weighted by molar-refractivity contribution is -0.213. The smallest absolute Gasteiger partial charge is 0.312 e. The Bertz CT molecular complexity index is 943. The fourth-order valence-electron chi connectivity index (χ4n) is 7.27. The van der Waals surface area contributed by atoms with Crippen LogP contribution in [0.25, 0.3) is 0 Å². The number of nitrogens with zero attached hydrogens (tertiary/aromatic N) is 1. The number of likely N-dealkylation sites (tertiary alicyclic amines) is 1. The fraction of sp³-hybridized carbons (Fsp3) is 0.591. The first-order valence-electron chi connectivity index (χ1n) is 10.2. The average Bonchev–Trinajstić information content (AvgIpc) is 3.04. The second-order valence-electron chi connectivity index (χ2n) is 9.14. The summed E-state index contributed by atoms with van der Waals surface area (Å²) < 4.78 is 11.7. The highest BCUT2D eigenvalue weighted by Crippen LogP contribution is 2.74. The van der Waals surface area contributed by atoms with Crippen molar-refractivity contribution in [2.45, 2.75) is 49.3 Å². The summed E-state index contributed by atoms with van der Waals surface area (Å²) in [6.45, 7) is 2.97. The third kappa shape index (κ3) is 1.52. The minimum absolute atomic E-state index is 0.116. The zero-order valence-electron chi connectivity index (χ0n) is 16.1. The summed E-state index contributed by atoms with van der Waals surface area (Å²) in [5, 5.41) is 22.4. The van der Waals surface area contributed by atoms with E-state index in [0.717, 1.165) is 24.9 Å². The van der Waals surface area contributed by atoms with Gasteiger partial charge in [-0.2, -0.15) is 0 Å². The predicted octanol–water partition coefficient (Wildman–Crippen LogP) is 1.52. The topological polar surface area (TPSA) is 79.2 Å². The molecule has 1 saturated carbocycles. The van der Waals surface area contributed by atoms with Crippen molar-refractivity contribution >= 4 is 5.97 Å². The van der Waals surface area contributed by atoms with E-state index in [2.05, 4.69) is 18.0 Å². The Morgan fingerprint density at radius 1 is 1.39 bits per heavy atom. The van der Waals surface area contributed by atoms with Crippen LogP contribution in [-0.2, 0) is 21.4 Å². The molecule has 6 heteroatoms. The van der Waals surface area contributed by atoms with Gasteiger partial charge in [-0.05, 0) is 51.4 Å². The Labute approximate surface area is 163 Å². The molecule has 0 radical (unpaired) electrons. The number of hydrogen-bond acceptors (Lipinski definition) is 6. The number of benzene rings is 1. The van der Waals surface area contributed by atoms with E-state index >= 15 is 0 Å². The Morgan fingerprint density at radius 3 is 3.00 bits per heavy atom. The second-order valence-corrected chi connectivity index (χ2v) is 9.14. The second kappa shape index (κ2) is 4.92. The van der Waals surface area contributed by atoms with Crippen LogP contribution in [0.3, 0.4) is 0 Å². The summed E-state index contributed by atoms with van der Waals surface area (Å²) >= 11 is 0. The van der Waals surface area contributed by atoms with Crippen molar-refractivity contribution in [1.82, 2.24) is 4.90 Å². The third-order valence-corrected chi connectivity index (χ3v) is 8.32. The number of aliphatic hydroxyl groups is 1. The van der Waals surface area contributed by atoms with Crippen molar-refractivity contribution in [2.24, 2.45) is 11.3 Å². The molecule has 2 aliphatic heterocycles. The van der Waals surface area contributed by atoms with Crippen molar-refractivity contribution in [1.29, 1.82) is 0 Å². The Balaban J connectivity index is 1.65. The van der Waals surface area contributed by atoms with Gasteiger partial charge in [0.25, 0.3) is 0 Å². The lowest BCUT2D eigenvalue weighted by atomic mass is 9.37. The monoisotopic (exact) mass is 383 g/mol. The number of carbonyl (C=O) groups is 1. The number of piperidine rings is 1. The first-order valence-corrected chi connectivity index (χ1v) is 10.2. The van der Waals surface area contributed by atoms with Gasteiger partial charge in [0.2, 0.25) is 0 Å². The van der Waals surface area contributed by atoms with Crippen LogP contribution in [0, 0.1) is 11.3 Å². The van der Waals surface area contributed by atoms with Crippen LogP contribution in [0.2, 0.25) is 0 Å². The van der Waals surface area contributed by atoms with Crippen LogP contribution in [-0.4, -0.2) is 59.0 Å². The average molecular weight is 383 g/mol. The lowest BCUT2D eigenvalue weighted by Crippen LogP contribution is -2.79. The van der Waals surface area contributed by atoms with Gasteiger partial charge in [0.1, 0.15) is 11.7 Å². The molecule has 0 amide bonds. The summed E-state index contributed by atoms with van der Waals surface area (Å²) in [5.41, 5.74) is 0.0764. The number of hydrogen-bond donors (Lipinski definition) is 2. The molecule has 4 bridgehead atoms. The number of phenolic OH excluding ortho intramolecular Hbond substituents is 1. The number of rotatable bonds is 2. The molecule has 28 heavy (non-hydrogen) atoms. The van der Waals surface area contributed by atoms with E-state index in [4.69, 9.17) is 9.47 Å². The molecule has 0 unspecified atom stereocenters. The van der Waals surface area contributed by atoms with E-state index in [1.54, 1.807) is 19.1 Å². The highest BCUT2D eigenvalue weighted by atomic mass is 16.5. The molecule has 4 aliphatic carbocycles. The molecule has 148 valence electrons. The van der Waals surface area contributed by atoms with E-state index in [1.165, 1.54) is 5.56 Å². The fourth-order valence-corrected chi connectivity index (χ4v) is 7.27. The number of carbonyl (C=O) groups excluding carboxylic acids is 1. The summed E-state index contributed by atoms with van der Waals surface area (Å²) in [7, 11) is 2.14. The zero-order valence-corrected chi connectivity index (χ0v) is 16.1. The van der Waals surface area contributed by atoms with E-state index in [9.17, 15) is 15.0 Å². The summed E-state index contributed by atoms with van der Waals surface area (Å²) in [4.78, 5) is 15.2. The van der Waals surface area contributed by atoms with Gasteiger partial charge in [-0.1, -0.05) is 18.2 Å². The van der Waals surface area contributed by atoms with E-state index in [0.29, 0.717) is 12.2 Å². The van der Waals surface area contributed by atoms with Crippen LogP contribution in [0.5, 0.6) is 11.5 Å². The molecule has 6 atom stereocenters. The number of ether oxygens (including phenoxy) is 2. The maximum Gasteiger partial charge on any atom is 0.312 e. The van der Waals surface area contributed by atoms with Gasteiger partial charge in [0.05, 0.1) is 17.9 Å². The minimum Gasteiger partial charge on any atom is -0.504 e. The molecule has 1 aromatic carbocycles. The highest BCUT2D eigenvalue weighted by Gasteiger charge is 2.79. The number of phenols is 1. The third-order valence-electron chi connectivity index (χ3n) is 8.32. The molecule has 1 saturated heterocycles. The first kappa shape index (κ1) is 16.9. The first-order chi connectivity index (χ1) is 13.4. The number of aromatic hydroxyl groups is 1. The van der Waals surface area contributed by atoms with Gasteiger partial charge in [-0.25, -0.2) is 0 Å². The molecule has 7 rings (SSSR count). The number of likely N-dealkylation sites (N-methyl/N-ethyl adjacent to an activating group) is 1. The van der Waals surface area contributed by atoms with E-state index in [-0.39, 0.29) is 29.8 Å². The van der Waals surface area contributed by atoms with Crippen molar-refractivity contribution in [2.75, 3.05) is 20.2 Å². The molecule has 2 fully saturated rings. The molecule has 2 N–H and O–H groups in total. The maximum absolute atomic E-state index is 12.9. The highest BCUT2D eigenvalue weighted by molar-refractivity contribution is 5.78. The van der Waals surface area contributed by atoms with Gasteiger partial charge in [-0.3, -0.25) is 4.79 Å². The van der Waals surface area contributed by atoms with Crippen LogP contribution in [0.4, 0.5) is 0 Å². The summed E-state index contributed by atoms with van der Waals surface area (Å²) in [6, 6.07) is 3.91. The van der Waals surface area contributed by atoms with Crippen molar-refractivity contribution < 1.29 is 24.5 Å². The molecule has 2 spiro atoms. The van der Waals surface area contributed by atoms with Crippen LogP contribution in [0.1, 0.15) is 30.9 Å². The van der Waals surface area contributed by atoms with Gasteiger partial charge >= 0.3 is 5.97 Å². The summed E-state index contributed by atoms with van der Waals surface area (Å²) in [6.07, 6.45) is 5.58. The van der Waals surface area contributed by atoms with Gasteiger partial charge in [-0.15, -0.1) is 0 Å². The van der Waals surface area contributed by atoms with Crippen molar-refractivity contribution in [3.63, 3.8) is 0 Å². The maximum atomic E-state index is 12.9. The van der Waals surface area contributed by atoms with Gasteiger partial charge in [0, 0.05) is 17.0 Å². The standard InChI is InChI=1S/C22H25NO5/c1-3-27-18(25)13-11-20-6-7-22(13,26)19-21(20)8-9-23(2)15(20)10-12-4-5-14(24)17(28-19)16(12)21/h4-7,13,15,19,24,26H,3,8-11H2,1-2H3/t13-,15+,19-,20-,21-,22+/m0/s1. The molecular weight excluding hydrogens is 358 g/mol. The van der Waals surface area contributed by atoms with Crippen LogP contribution < -0.4 is 4.74 Å². The molecule has 6 nitrogen and oxygen atoms in total.